The molecule has 0 aliphatic rings. The Morgan fingerprint density at radius 2 is 1.90 bits per heavy atom. The molecule has 5 heteroatoms. The van der Waals surface area contributed by atoms with E-state index in [1.165, 1.54) is 0 Å². The molecule has 0 spiro atoms. The number of aryl methyl sites for hydroxylation is 3. The minimum atomic E-state index is 0.535. The fraction of sp³-hybridized carbons (Fsp3) is 0.188. The number of hydrogen-bond donors (Lipinski definition) is 0. The highest BCUT2D eigenvalue weighted by Crippen LogP contribution is 2.30. The average molecular weight is 278 g/mol. The summed E-state index contributed by atoms with van der Waals surface area (Å²) < 4.78 is 5.87. The van der Waals surface area contributed by atoms with Crippen LogP contribution in [0.3, 0.4) is 0 Å². The predicted molar refractivity (Wildman–Crippen MR) is 82.5 cm³/mol. The van der Waals surface area contributed by atoms with Gasteiger partial charge in [0.1, 0.15) is 5.52 Å². The van der Waals surface area contributed by atoms with Gasteiger partial charge in [-0.1, -0.05) is 17.2 Å². The smallest absolute Gasteiger partial charge is 0.227 e. The Balaban J connectivity index is 2.18. The molecule has 104 valence electrons. The lowest BCUT2D eigenvalue weighted by Gasteiger charge is -2.01. The zero-order chi connectivity index (χ0) is 15.0. The molecule has 0 saturated carbocycles. The van der Waals surface area contributed by atoms with Crippen molar-refractivity contribution in [1.82, 2.24) is 4.98 Å². The topological polar surface area (TPSA) is 74.8 Å². The Bertz CT molecular complexity index is 889. The molecule has 3 rings (SSSR count). The highest BCUT2D eigenvalue weighted by Gasteiger charge is 2.11. The first kappa shape index (κ1) is 13.2. The van der Waals surface area contributed by atoms with Gasteiger partial charge < -0.3 is 4.42 Å². The predicted octanol–water partition coefficient (Wildman–Crippen LogP) is 5.36. The van der Waals surface area contributed by atoms with Gasteiger partial charge in [-0.05, 0) is 61.2 Å². The Labute approximate surface area is 121 Å². The molecule has 0 saturated heterocycles. The Morgan fingerprint density at radius 1 is 1.10 bits per heavy atom. The van der Waals surface area contributed by atoms with Crippen molar-refractivity contribution in [3.8, 4) is 11.5 Å². The van der Waals surface area contributed by atoms with Crippen molar-refractivity contribution < 1.29 is 4.42 Å². The van der Waals surface area contributed by atoms with Gasteiger partial charge in [0, 0.05) is 16.2 Å². The Kier molecular flexibility index (Phi) is 3.12. The number of rotatable bonds is 2. The molecular weight excluding hydrogens is 264 g/mol. The number of hydrogen-bond acceptors (Lipinski definition) is 3. The van der Waals surface area contributed by atoms with Crippen LogP contribution in [0.5, 0.6) is 0 Å². The van der Waals surface area contributed by atoms with Crippen molar-refractivity contribution >= 4 is 16.8 Å². The van der Waals surface area contributed by atoms with Crippen LogP contribution in [-0.4, -0.2) is 4.98 Å². The summed E-state index contributed by atoms with van der Waals surface area (Å²) in [6.45, 7) is 5.94. The van der Waals surface area contributed by atoms with Gasteiger partial charge in [0.25, 0.3) is 0 Å². The third-order valence-electron chi connectivity index (χ3n) is 3.43. The second kappa shape index (κ2) is 4.96. The highest BCUT2D eigenvalue weighted by molar-refractivity contribution is 5.80. The summed E-state index contributed by atoms with van der Waals surface area (Å²) in [5.41, 5.74) is 14.8. The van der Waals surface area contributed by atoms with Gasteiger partial charge in [-0.2, -0.15) is 0 Å². The fourth-order valence-electron chi connectivity index (χ4n) is 2.40. The summed E-state index contributed by atoms with van der Waals surface area (Å²) in [6, 6.07) is 9.67. The standard InChI is InChI=1S/C16H14N4O/c1-9-6-11(3)15-14(7-9)18-16(21-15)12-5-4-10(2)13(8-12)19-20-17/h4-8H,1-3H3. The van der Waals surface area contributed by atoms with Crippen LogP contribution in [0, 0.1) is 20.8 Å². The number of fused-ring (bicyclic) bond motifs is 1. The summed E-state index contributed by atoms with van der Waals surface area (Å²) in [7, 11) is 0. The zero-order valence-corrected chi connectivity index (χ0v) is 12.1. The second-order valence-corrected chi connectivity index (χ2v) is 5.14. The molecule has 0 amide bonds. The van der Waals surface area contributed by atoms with Crippen molar-refractivity contribution in [3.63, 3.8) is 0 Å². The van der Waals surface area contributed by atoms with Crippen LogP contribution in [0.2, 0.25) is 0 Å². The third-order valence-corrected chi connectivity index (χ3v) is 3.43. The van der Waals surface area contributed by atoms with Gasteiger partial charge in [0.15, 0.2) is 5.58 Å². The maximum Gasteiger partial charge on any atom is 0.227 e. The molecule has 0 aliphatic carbocycles. The van der Waals surface area contributed by atoms with E-state index >= 15 is 0 Å². The van der Waals surface area contributed by atoms with E-state index in [0.29, 0.717) is 11.6 Å². The minimum Gasteiger partial charge on any atom is -0.436 e. The van der Waals surface area contributed by atoms with Gasteiger partial charge in [0.2, 0.25) is 5.89 Å². The van der Waals surface area contributed by atoms with Crippen molar-refractivity contribution in [1.29, 1.82) is 0 Å². The molecular formula is C16H14N4O. The lowest BCUT2D eigenvalue weighted by Crippen LogP contribution is -1.80. The van der Waals surface area contributed by atoms with E-state index in [0.717, 1.165) is 33.4 Å². The van der Waals surface area contributed by atoms with E-state index in [4.69, 9.17) is 9.95 Å². The average Bonchev–Trinajstić information content (AvgIpc) is 2.85. The molecule has 0 unspecified atom stereocenters. The van der Waals surface area contributed by atoms with E-state index in [9.17, 15) is 0 Å². The molecule has 2 aromatic carbocycles. The molecule has 1 aromatic heterocycles. The van der Waals surface area contributed by atoms with E-state index in [1.807, 2.05) is 39.0 Å². The van der Waals surface area contributed by atoms with Crippen LogP contribution in [0.15, 0.2) is 39.9 Å². The number of aromatic nitrogens is 1. The van der Waals surface area contributed by atoms with Crippen LogP contribution in [0.1, 0.15) is 16.7 Å². The summed E-state index contributed by atoms with van der Waals surface area (Å²) in [4.78, 5) is 7.38. The first-order valence-electron chi connectivity index (χ1n) is 6.62. The van der Waals surface area contributed by atoms with Crippen LogP contribution in [-0.2, 0) is 0 Å². The van der Waals surface area contributed by atoms with Crippen molar-refractivity contribution in [3.05, 3.63) is 57.5 Å². The van der Waals surface area contributed by atoms with Gasteiger partial charge in [-0.3, -0.25) is 0 Å². The molecule has 3 aromatic rings. The monoisotopic (exact) mass is 278 g/mol. The normalized spacial score (nSPS) is 10.6. The lowest BCUT2D eigenvalue weighted by molar-refractivity contribution is 0.617. The number of azide groups is 1. The van der Waals surface area contributed by atoms with Crippen molar-refractivity contribution in [2.45, 2.75) is 20.8 Å². The molecule has 0 aliphatic heterocycles. The van der Waals surface area contributed by atoms with Crippen LogP contribution >= 0.6 is 0 Å². The summed E-state index contributed by atoms with van der Waals surface area (Å²) in [5.74, 6) is 0.535. The first-order chi connectivity index (χ1) is 10.1. The molecule has 0 fully saturated rings. The summed E-state index contributed by atoms with van der Waals surface area (Å²) in [5, 5.41) is 3.69. The molecule has 5 nitrogen and oxygen atoms in total. The minimum absolute atomic E-state index is 0.535. The van der Waals surface area contributed by atoms with Gasteiger partial charge in [-0.25, -0.2) is 4.98 Å². The molecule has 0 radical (unpaired) electrons. The van der Waals surface area contributed by atoms with Gasteiger partial charge >= 0.3 is 0 Å². The van der Waals surface area contributed by atoms with E-state index in [1.54, 1.807) is 6.07 Å². The van der Waals surface area contributed by atoms with Crippen LogP contribution in [0.25, 0.3) is 33.0 Å². The van der Waals surface area contributed by atoms with Crippen LogP contribution in [0.4, 0.5) is 5.69 Å². The Hall–Kier alpha value is -2.78. The molecule has 1 heterocycles. The number of nitrogens with zero attached hydrogens (tertiary/aromatic N) is 4. The number of benzene rings is 2. The maximum absolute atomic E-state index is 8.61. The van der Waals surface area contributed by atoms with Gasteiger partial charge in [0.05, 0.1) is 0 Å². The van der Waals surface area contributed by atoms with E-state index in [2.05, 4.69) is 21.1 Å². The van der Waals surface area contributed by atoms with Crippen LogP contribution < -0.4 is 0 Å². The third kappa shape index (κ3) is 2.35. The molecule has 0 atom stereocenters. The second-order valence-electron chi connectivity index (χ2n) is 5.14. The highest BCUT2D eigenvalue weighted by atomic mass is 16.3. The largest absolute Gasteiger partial charge is 0.436 e. The maximum atomic E-state index is 8.61. The number of oxazole rings is 1. The quantitative estimate of drug-likeness (QED) is 0.359. The first-order valence-corrected chi connectivity index (χ1v) is 6.62. The SMILES string of the molecule is Cc1cc(C)c2oc(-c3ccc(C)c(N=[N+]=[N-])c3)nc2c1. The van der Waals surface area contributed by atoms with Gasteiger partial charge in [-0.15, -0.1) is 0 Å². The summed E-state index contributed by atoms with van der Waals surface area (Å²) in [6.07, 6.45) is 0. The van der Waals surface area contributed by atoms with Crippen molar-refractivity contribution in [2.24, 2.45) is 5.11 Å². The zero-order valence-electron chi connectivity index (χ0n) is 12.1. The molecule has 21 heavy (non-hydrogen) atoms. The molecule has 0 bridgehead atoms. The molecule has 0 N–H and O–H groups in total. The lowest BCUT2D eigenvalue weighted by atomic mass is 10.1. The van der Waals surface area contributed by atoms with Crippen molar-refractivity contribution in [2.75, 3.05) is 0 Å². The van der Waals surface area contributed by atoms with E-state index in [-0.39, 0.29) is 0 Å². The summed E-state index contributed by atoms with van der Waals surface area (Å²) >= 11 is 0. The fourth-order valence-corrected chi connectivity index (χ4v) is 2.40. The Morgan fingerprint density at radius 3 is 2.67 bits per heavy atom. The van der Waals surface area contributed by atoms with E-state index < -0.39 is 0 Å².